The van der Waals surface area contributed by atoms with Gasteiger partial charge in [0.25, 0.3) is 0 Å². The summed E-state index contributed by atoms with van der Waals surface area (Å²) in [6.07, 6.45) is 2.96. The molecule has 2 aromatic heterocycles. The second-order valence-electron chi connectivity index (χ2n) is 4.81. The number of aromatic nitrogens is 2. The Morgan fingerprint density at radius 3 is 3.10 bits per heavy atom. The summed E-state index contributed by atoms with van der Waals surface area (Å²) in [5.41, 5.74) is 1.79. The first-order valence-corrected chi connectivity index (χ1v) is 8.78. The molecule has 1 fully saturated rings. The van der Waals surface area contributed by atoms with Crippen LogP contribution in [0.15, 0.2) is 28.0 Å². The number of thiazole rings is 1. The van der Waals surface area contributed by atoms with Gasteiger partial charge in [-0.25, -0.2) is 9.97 Å². The van der Waals surface area contributed by atoms with E-state index < -0.39 is 0 Å². The van der Waals surface area contributed by atoms with Crippen LogP contribution in [0.5, 0.6) is 0 Å². The molecule has 0 aliphatic carbocycles. The van der Waals surface area contributed by atoms with Crippen molar-refractivity contribution in [2.45, 2.75) is 17.4 Å². The number of hydrogen-bond acceptors (Lipinski definition) is 7. The predicted octanol–water partition coefficient (Wildman–Crippen LogP) is 3.11. The van der Waals surface area contributed by atoms with E-state index in [1.54, 1.807) is 16.8 Å². The van der Waals surface area contributed by atoms with Crippen LogP contribution in [-0.4, -0.2) is 36.1 Å². The van der Waals surface area contributed by atoms with Gasteiger partial charge in [0.15, 0.2) is 0 Å². The van der Waals surface area contributed by atoms with Gasteiger partial charge in [0.1, 0.15) is 11.6 Å². The Hall–Kier alpha value is -1.02. The van der Waals surface area contributed by atoms with Crippen molar-refractivity contribution in [3.8, 4) is 0 Å². The third-order valence-electron chi connectivity index (χ3n) is 3.42. The van der Waals surface area contributed by atoms with E-state index in [0.717, 1.165) is 36.0 Å². The van der Waals surface area contributed by atoms with Crippen LogP contribution < -0.4 is 14.9 Å². The van der Waals surface area contributed by atoms with Gasteiger partial charge in [0.2, 0.25) is 0 Å². The minimum absolute atomic E-state index is 0.460. The van der Waals surface area contributed by atoms with Gasteiger partial charge in [-0.15, -0.1) is 11.3 Å². The minimum Gasteiger partial charge on any atom is -0.354 e. The fourth-order valence-electron chi connectivity index (χ4n) is 2.25. The second kappa shape index (κ2) is 6.83. The molecular formula is C13H16ClN5S2. The van der Waals surface area contributed by atoms with Crippen LogP contribution in [0.1, 0.15) is 6.42 Å². The smallest absolute Gasteiger partial charge is 0.147 e. The van der Waals surface area contributed by atoms with Crippen LogP contribution in [-0.2, 0) is 0 Å². The number of rotatable bonds is 5. The molecule has 0 spiro atoms. The van der Waals surface area contributed by atoms with E-state index in [1.807, 2.05) is 24.7 Å². The van der Waals surface area contributed by atoms with Crippen LogP contribution in [0.3, 0.4) is 0 Å². The molecule has 3 rings (SSSR count). The zero-order valence-electron chi connectivity index (χ0n) is 11.5. The van der Waals surface area contributed by atoms with Crippen LogP contribution in [0.25, 0.3) is 0 Å². The summed E-state index contributed by atoms with van der Waals surface area (Å²) in [4.78, 5) is 11.8. The molecule has 112 valence electrons. The summed E-state index contributed by atoms with van der Waals surface area (Å²) in [5.74, 6) is 1.68. The van der Waals surface area contributed by atoms with Crippen LogP contribution in [0.4, 0.5) is 11.6 Å². The molecule has 2 N–H and O–H groups in total. The average molecular weight is 342 g/mol. The Morgan fingerprint density at radius 2 is 2.43 bits per heavy atom. The third kappa shape index (κ3) is 3.60. The molecule has 1 aliphatic heterocycles. The molecule has 2 aromatic rings. The molecular weight excluding hydrogens is 326 g/mol. The first-order chi connectivity index (χ1) is 10.2. The molecule has 1 aliphatic rings. The Labute approximate surface area is 137 Å². The van der Waals surface area contributed by atoms with Gasteiger partial charge in [-0.2, -0.15) is 0 Å². The van der Waals surface area contributed by atoms with Crippen molar-refractivity contribution < 1.29 is 0 Å². The summed E-state index contributed by atoms with van der Waals surface area (Å²) in [5, 5.41) is 5.99. The summed E-state index contributed by atoms with van der Waals surface area (Å²) >= 11 is 9.40. The van der Waals surface area contributed by atoms with Crippen LogP contribution in [0.2, 0.25) is 5.02 Å². The van der Waals surface area contributed by atoms with Gasteiger partial charge < -0.3 is 14.9 Å². The van der Waals surface area contributed by atoms with Crippen molar-refractivity contribution in [3.05, 3.63) is 28.2 Å². The Morgan fingerprint density at radius 1 is 1.52 bits per heavy atom. The van der Waals surface area contributed by atoms with E-state index in [4.69, 9.17) is 11.6 Å². The Bertz CT molecular complexity index is 586. The Kier molecular flexibility index (Phi) is 4.84. The molecule has 0 amide bonds. The average Bonchev–Trinajstić information content (AvgIpc) is 3.18. The van der Waals surface area contributed by atoms with E-state index in [1.165, 1.54) is 11.9 Å². The fraction of sp³-hybridized carbons (Fsp3) is 0.385. The lowest BCUT2D eigenvalue weighted by Gasteiger charge is -2.25. The standard InChI is InChI=1S/C13H16ClN5S2/c1-19(9-2-3-15-5-9)13-11(14)4-10(6-16-13)21-18-12-7-20-8-17-12/h4,6-9,15,18H,2-3,5H2,1H3. The normalized spacial score (nSPS) is 17.9. The van der Waals surface area contributed by atoms with E-state index >= 15 is 0 Å². The van der Waals surface area contributed by atoms with E-state index in [-0.39, 0.29) is 0 Å². The van der Waals surface area contributed by atoms with Crippen molar-refractivity contribution in [1.82, 2.24) is 15.3 Å². The van der Waals surface area contributed by atoms with E-state index in [9.17, 15) is 0 Å². The SMILES string of the molecule is CN(c1ncc(SNc2cscn2)cc1Cl)C1CCNC1. The summed E-state index contributed by atoms with van der Waals surface area (Å²) in [6, 6.07) is 2.40. The van der Waals surface area contributed by atoms with Crippen molar-refractivity contribution in [3.63, 3.8) is 0 Å². The third-order valence-corrected chi connectivity index (χ3v) is 5.05. The summed E-state index contributed by atoms with van der Waals surface area (Å²) < 4.78 is 3.17. The largest absolute Gasteiger partial charge is 0.354 e. The maximum Gasteiger partial charge on any atom is 0.147 e. The lowest BCUT2D eigenvalue weighted by atomic mass is 10.2. The lowest BCUT2D eigenvalue weighted by molar-refractivity contribution is 0.677. The van der Waals surface area contributed by atoms with Gasteiger partial charge in [0.05, 0.1) is 10.5 Å². The first-order valence-electron chi connectivity index (χ1n) is 6.64. The molecule has 3 heterocycles. The highest BCUT2D eigenvalue weighted by atomic mass is 35.5. The van der Waals surface area contributed by atoms with E-state index in [0.29, 0.717) is 11.1 Å². The number of nitrogens with zero attached hydrogens (tertiary/aromatic N) is 3. The van der Waals surface area contributed by atoms with Gasteiger partial charge >= 0.3 is 0 Å². The molecule has 1 unspecified atom stereocenters. The summed E-state index contributed by atoms with van der Waals surface area (Å²) in [7, 11) is 2.05. The highest BCUT2D eigenvalue weighted by Gasteiger charge is 2.22. The van der Waals surface area contributed by atoms with Gasteiger partial charge in [0, 0.05) is 36.1 Å². The van der Waals surface area contributed by atoms with Crippen LogP contribution >= 0.6 is 34.9 Å². The highest BCUT2D eigenvalue weighted by Crippen LogP contribution is 2.30. The fourth-order valence-corrected chi connectivity index (χ4v) is 3.78. The highest BCUT2D eigenvalue weighted by molar-refractivity contribution is 8.00. The van der Waals surface area contributed by atoms with Crippen molar-refractivity contribution in [2.75, 3.05) is 29.8 Å². The number of anilines is 2. The molecule has 21 heavy (non-hydrogen) atoms. The Balaban J connectivity index is 1.67. The van der Waals surface area contributed by atoms with Gasteiger partial charge in [-0.3, -0.25) is 0 Å². The van der Waals surface area contributed by atoms with Crippen molar-refractivity contribution in [2.24, 2.45) is 0 Å². The molecule has 0 bridgehead atoms. The number of pyridine rings is 1. The first kappa shape index (κ1) is 14.9. The maximum absolute atomic E-state index is 6.38. The molecule has 0 radical (unpaired) electrons. The minimum atomic E-state index is 0.460. The monoisotopic (exact) mass is 341 g/mol. The predicted molar refractivity (Wildman–Crippen MR) is 90.5 cm³/mol. The lowest BCUT2D eigenvalue weighted by Crippen LogP contribution is -2.34. The molecule has 1 saturated heterocycles. The number of hydrogen-bond donors (Lipinski definition) is 2. The second-order valence-corrected chi connectivity index (χ2v) is 6.82. The number of likely N-dealkylation sites (N-methyl/N-ethyl adjacent to an activating group) is 1. The van der Waals surface area contributed by atoms with Gasteiger partial charge in [-0.1, -0.05) is 11.6 Å². The van der Waals surface area contributed by atoms with Crippen LogP contribution in [0, 0.1) is 0 Å². The number of nitrogens with one attached hydrogen (secondary N) is 2. The number of halogens is 1. The molecule has 0 saturated carbocycles. The van der Waals surface area contributed by atoms with Crippen molar-refractivity contribution in [1.29, 1.82) is 0 Å². The maximum atomic E-state index is 6.38. The molecule has 5 nitrogen and oxygen atoms in total. The quantitative estimate of drug-likeness (QED) is 0.815. The molecule has 0 aromatic carbocycles. The molecule has 1 atom stereocenters. The van der Waals surface area contributed by atoms with Gasteiger partial charge in [-0.05, 0) is 31.0 Å². The van der Waals surface area contributed by atoms with Crippen molar-refractivity contribution >= 4 is 46.5 Å². The topological polar surface area (TPSA) is 53.1 Å². The van der Waals surface area contributed by atoms with E-state index in [2.05, 4.69) is 24.9 Å². The zero-order chi connectivity index (χ0) is 14.7. The molecule has 8 heteroatoms. The summed E-state index contributed by atoms with van der Waals surface area (Å²) in [6.45, 7) is 2.04. The zero-order valence-corrected chi connectivity index (χ0v) is 13.9.